The summed E-state index contributed by atoms with van der Waals surface area (Å²) in [6.45, 7) is 11.3. The number of aromatic nitrogens is 2. The van der Waals surface area contributed by atoms with Crippen LogP contribution in [0.4, 0.5) is 19.3 Å². The molecule has 45 heavy (non-hydrogen) atoms. The van der Waals surface area contributed by atoms with Gasteiger partial charge in [-0.15, -0.1) is 0 Å². The van der Waals surface area contributed by atoms with E-state index >= 15 is 0 Å². The maximum absolute atomic E-state index is 14.4. The standard InChI is InChI=1S/C33H46F2N4O6/c1-31(2,3)44-28(41)15-16-37(30(42)45-32(4,5)6)20-27(40)38-17-14-22-18-25(12-13-26(22)38)43-21-23-19-39(24-10-8-9-11-24)36-29(23)33(7,34)35/h12-13,18-19,24H,8-11,14-17,20-21H2,1-7H3. The number of rotatable bonds is 10. The normalized spacial score (nSPS) is 15.6. The Morgan fingerprint density at radius 3 is 2.29 bits per heavy atom. The number of fused-ring (bicyclic) bond motifs is 1. The number of anilines is 1. The predicted molar refractivity (Wildman–Crippen MR) is 164 cm³/mol. The van der Waals surface area contributed by atoms with Crippen LogP contribution in [0.25, 0.3) is 0 Å². The summed E-state index contributed by atoms with van der Waals surface area (Å²) in [6, 6.07) is 5.39. The fourth-order valence-electron chi connectivity index (χ4n) is 5.58. The molecule has 0 saturated heterocycles. The lowest BCUT2D eigenvalue weighted by Crippen LogP contribution is -2.45. The van der Waals surface area contributed by atoms with E-state index in [2.05, 4.69) is 5.10 Å². The molecule has 0 unspecified atom stereocenters. The molecule has 0 bridgehead atoms. The number of alkyl halides is 2. The van der Waals surface area contributed by atoms with Gasteiger partial charge in [-0.3, -0.25) is 19.2 Å². The van der Waals surface area contributed by atoms with Crippen LogP contribution in [0.15, 0.2) is 24.4 Å². The van der Waals surface area contributed by atoms with Gasteiger partial charge in [0, 0.05) is 37.5 Å². The minimum atomic E-state index is -3.10. The molecule has 2 aromatic rings. The Kier molecular flexibility index (Phi) is 10.1. The van der Waals surface area contributed by atoms with Gasteiger partial charge in [-0.2, -0.15) is 13.9 Å². The monoisotopic (exact) mass is 632 g/mol. The van der Waals surface area contributed by atoms with Gasteiger partial charge in [-0.25, -0.2) is 4.79 Å². The maximum Gasteiger partial charge on any atom is 0.410 e. The number of nitrogens with zero attached hydrogens (tertiary/aromatic N) is 4. The van der Waals surface area contributed by atoms with Crippen molar-refractivity contribution in [3.8, 4) is 5.75 Å². The molecule has 0 spiro atoms. The lowest BCUT2D eigenvalue weighted by Gasteiger charge is -2.29. The van der Waals surface area contributed by atoms with Crippen molar-refractivity contribution >= 4 is 23.7 Å². The molecule has 248 valence electrons. The summed E-state index contributed by atoms with van der Waals surface area (Å²) in [4.78, 5) is 41.6. The van der Waals surface area contributed by atoms with Crippen LogP contribution in [-0.4, -0.2) is 63.5 Å². The fourth-order valence-corrected chi connectivity index (χ4v) is 5.58. The molecule has 2 aliphatic rings. The summed E-state index contributed by atoms with van der Waals surface area (Å²) < 4.78 is 47.3. The highest BCUT2D eigenvalue weighted by atomic mass is 19.3. The lowest BCUT2D eigenvalue weighted by molar-refractivity contribution is -0.155. The van der Waals surface area contributed by atoms with E-state index in [0.717, 1.165) is 38.2 Å². The molecule has 0 N–H and O–H groups in total. The summed E-state index contributed by atoms with van der Waals surface area (Å²) >= 11 is 0. The third-order valence-corrected chi connectivity index (χ3v) is 7.55. The predicted octanol–water partition coefficient (Wildman–Crippen LogP) is 6.55. The third-order valence-electron chi connectivity index (χ3n) is 7.55. The molecule has 1 saturated carbocycles. The lowest BCUT2D eigenvalue weighted by atomic mass is 10.1. The highest BCUT2D eigenvalue weighted by Crippen LogP contribution is 2.35. The van der Waals surface area contributed by atoms with Crippen molar-refractivity contribution in [3.63, 3.8) is 0 Å². The van der Waals surface area contributed by atoms with Gasteiger partial charge < -0.3 is 19.1 Å². The van der Waals surface area contributed by atoms with Crippen LogP contribution in [0.5, 0.6) is 5.75 Å². The molecular formula is C33H46F2N4O6. The molecule has 4 rings (SSSR count). The van der Waals surface area contributed by atoms with E-state index in [9.17, 15) is 23.2 Å². The zero-order valence-corrected chi connectivity index (χ0v) is 27.5. The first-order valence-electron chi connectivity index (χ1n) is 15.6. The Morgan fingerprint density at radius 1 is 1.00 bits per heavy atom. The van der Waals surface area contributed by atoms with Crippen LogP contribution in [-0.2, 0) is 38.0 Å². The van der Waals surface area contributed by atoms with Crippen LogP contribution >= 0.6 is 0 Å². The SMILES string of the molecule is CC(C)(C)OC(=O)CCN(CC(=O)N1CCc2cc(OCc3cn(C4CCCC4)nc3C(C)(F)F)ccc21)C(=O)OC(C)(C)C. The number of hydrogen-bond acceptors (Lipinski definition) is 7. The molecule has 2 amide bonds. The summed E-state index contributed by atoms with van der Waals surface area (Å²) in [7, 11) is 0. The Hall–Kier alpha value is -3.70. The first-order valence-corrected chi connectivity index (χ1v) is 15.6. The molecule has 1 aliphatic carbocycles. The van der Waals surface area contributed by atoms with Crippen LogP contribution < -0.4 is 9.64 Å². The van der Waals surface area contributed by atoms with E-state index in [1.54, 1.807) is 69.5 Å². The third kappa shape index (κ3) is 9.40. The molecular weight excluding hydrogens is 586 g/mol. The Bertz CT molecular complexity index is 1380. The number of esters is 1. The zero-order chi connectivity index (χ0) is 33.2. The van der Waals surface area contributed by atoms with Crippen molar-refractivity contribution in [2.75, 3.05) is 24.5 Å². The number of carbonyl (C=O) groups is 3. The van der Waals surface area contributed by atoms with Crippen molar-refractivity contribution in [2.45, 2.75) is 117 Å². The molecule has 10 nitrogen and oxygen atoms in total. The van der Waals surface area contributed by atoms with Gasteiger partial charge >= 0.3 is 12.1 Å². The second-order valence-corrected chi connectivity index (χ2v) is 13.9. The summed E-state index contributed by atoms with van der Waals surface area (Å²) in [6.07, 6.45) is 5.42. The van der Waals surface area contributed by atoms with Crippen molar-refractivity contribution in [1.29, 1.82) is 0 Å². The average molecular weight is 633 g/mol. The van der Waals surface area contributed by atoms with Gasteiger partial charge in [0.05, 0.1) is 12.5 Å². The number of halogens is 2. The number of amides is 2. The molecule has 1 aromatic carbocycles. The van der Waals surface area contributed by atoms with Crippen molar-refractivity contribution < 1.29 is 37.4 Å². The Labute approximate surface area is 264 Å². The summed E-state index contributed by atoms with van der Waals surface area (Å²) in [5, 5.41) is 4.24. The van der Waals surface area contributed by atoms with Gasteiger partial charge in [0.25, 0.3) is 5.92 Å². The first kappa shape index (κ1) is 34.2. The van der Waals surface area contributed by atoms with Crippen LogP contribution in [0.1, 0.15) is 103 Å². The van der Waals surface area contributed by atoms with Gasteiger partial charge in [-0.1, -0.05) is 12.8 Å². The molecule has 0 radical (unpaired) electrons. The summed E-state index contributed by atoms with van der Waals surface area (Å²) in [5.41, 5.74) is 0.157. The topological polar surface area (TPSA) is 103 Å². The van der Waals surface area contributed by atoms with E-state index < -0.39 is 29.2 Å². The highest BCUT2D eigenvalue weighted by molar-refractivity contribution is 5.98. The summed E-state index contributed by atoms with van der Waals surface area (Å²) in [5.74, 6) is -3.41. The quantitative estimate of drug-likeness (QED) is 0.274. The second-order valence-electron chi connectivity index (χ2n) is 13.9. The van der Waals surface area contributed by atoms with Gasteiger partial charge in [0.1, 0.15) is 35.8 Å². The smallest absolute Gasteiger partial charge is 0.410 e. The second kappa shape index (κ2) is 13.3. The number of ether oxygens (including phenoxy) is 3. The van der Waals surface area contributed by atoms with Crippen LogP contribution in [0.3, 0.4) is 0 Å². The number of benzene rings is 1. The molecule has 1 fully saturated rings. The van der Waals surface area contributed by atoms with E-state index in [-0.39, 0.29) is 43.8 Å². The van der Waals surface area contributed by atoms with Crippen LogP contribution in [0, 0.1) is 0 Å². The average Bonchev–Trinajstić information content (AvgIpc) is 3.66. The first-order chi connectivity index (χ1) is 20.9. The van der Waals surface area contributed by atoms with Crippen LogP contribution in [0.2, 0.25) is 0 Å². The molecule has 1 aromatic heterocycles. The van der Waals surface area contributed by atoms with Crippen molar-refractivity contribution in [3.05, 3.63) is 41.2 Å². The minimum Gasteiger partial charge on any atom is -0.489 e. The van der Waals surface area contributed by atoms with E-state index in [4.69, 9.17) is 14.2 Å². The van der Waals surface area contributed by atoms with Gasteiger partial charge in [0.2, 0.25) is 5.91 Å². The van der Waals surface area contributed by atoms with E-state index in [1.165, 1.54) is 4.90 Å². The maximum atomic E-state index is 14.4. The fraction of sp³-hybridized carbons (Fsp3) is 0.636. The van der Waals surface area contributed by atoms with Crippen molar-refractivity contribution in [1.82, 2.24) is 14.7 Å². The zero-order valence-electron chi connectivity index (χ0n) is 27.5. The van der Waals surface area contributed by atoms with Gasteiger partial charge in [0.15, 0.2) is 0 Å². The van der Waals surface area contributed by atoms with Gasteiger partial charge in [-0.05, 0) is 84.6 Å². The Balaban J connectivity index is 1.43. The number of carbonyl (C=O) groups excluding carboxylic acids is 3. The number of hydrogen-bond donors (Lipinski definition) is 0. The molecule has 1 aliphatic heterocycles. The highest BCUT2D eigenvalue weighted by Gasteiger charge is 2.34. The molecule has 12 heteroatoms. The largest absolute Gasteiger partial charge is 0.489 e. The Morgan fingerprint density at radius 2 is 1.67 bits per heavy atom. The molecule has 0 atom stereocenters. The van der Waals surface area contributed by atoms with E-state index in [0.29, 0.717) is 30.0 Å². The van der Waals surface area contributed by atoms with Crippen molar-refractivity contribution in [2.24, 2.45) is 0 Å². The molecule has 2 heterocycles. The van der Waals surface area contributed by atoms with E-state index in [1.807, 2.05) is 6.07 Å². The minimum absolute atomic E-state index is 0.0425.